The van der Waals surface area contributed by atoms with Crippen LogP contribution in [0.2, 0.25) is 0 Å². The van der Waals surface area contributed by atoms with Gasteiger partial charge >= 0.3 is 0 Å². The Kier molecular flexibility index (Phi) is 3.21. The molecule has 0 spiro atoms. The van der Waals surface area contributed by atoms with Crippen LogP contribution in [0.1, 0.15) is 80.0 Å². The van der Waals surface area contributed by atoms with E-state index in [0.29, 0.717) is 5.41 Å². The molecule has 0 aromatic heterocycles. The first kappa shape index (κ1) is 13.9. The molecule has 114 valence electrons. The first-order chi connectivity index (χ1) is 10.1. The highest BCUT2D eigenvalue weighted by Gasteiger charge is 2.50. The second-order valence-electron chi connectivity index (χ2n) is 8.35. The van der Waals surface area contributed by atoms with Gasteiger partial charge < -0.3 is 0 Å². The Morgan fingerprint density at radius 1 is 1.00 bits per heavy atom. The van der Waals surface area contributed by atoms with E-state index in [-0.39, 0.29) is 0 Å². The van der Waals surface area contributed by atoms with Crippen molar-refractivity contribution in [3.8, 4) is 0 Å². The summed E-state index contributed by atoms with van der Waals surface area (Å²) in [6.45, 7) is 7.28. The van der Waals surface area contributed by atoms with Crippen molar-refractivity contribution < 1.29 is 0 Å². The molecular formula is C21H30. The van der Waals surface area contributed by atoms with Crippen LogP contribution in [0.15, 0.2) is 12.1 Å². The molecule has 3 aliphatic carbocycles. The van der Waals surface area contributed by atoms with Gasteiger partial charge in [0.15, 0.2) is 0 Å². The lowest BCUT2D eigenvalue weighted by atomic mass is 9.49. The van der Waals surface area contributed by atoms with E-state index in [9.17, 15) is 0 Å². The van der Waals surface area contributed by atoms with Crippen molar-refractivity contribution in [2.75, 3.05) is 0 Å². The van der Waals surface area contributed by atoms with Gasteiger partial charge in [-0.25, -0.2) is 0 Å². The number of hydrogen-bond donors (Lipinski definition) is 0. The molecule has 0 amide bonds. The molecule has 4 atom stereocenters. The van der Waals surface area contributed by atoms with Gasteiger partial charge in [0.25, 0.3) is 0 Å². The van der Waals surface area contributed by atoms with E-state index in [1.54, 1.807) is 16.7 Å². The van der Waals surface area contributed by atoms with Gasteiger partial charge in [-0.2, -0.15) is 0 Å². The summed E-state index contributed by atoms with van der Waals surface area (Å²) in [5, 5.41) is 0. The fourth-order valence-corrected chi connectivity index (χ4v) is 6.21. The zero-order valence-electron chi connectivity index (χ0n) is 14.0. The topological polar surface area (TPSA) is 0 Å². The predicted molar refractivity (Wildman–Crippen MR) is 89.8 cm³/mol. The van der Waals surface area contributed by atoms with Crippen molar-refractivity contribution in [3.05, 3.63) is 34.4 Å². The van der Waals surface area contributed by atoms with Gasteiger partial charge in [0.05, 0.1) is 0 Å². The largest absolute Gasteiger partial charge is 0.0591 e. The Balaban J connectivity index is 1.75. The van der Waals surface area contributed by atoms with Crippen molar-refractivity contribution in [2.24, 2.45) is 17.3 Å². The van der Waals surface area contributed by atoms with Crippen molar-refractivity contribution in [3.63, 3.8) is 0 Å². The second kappa shape index (κ2) is 4.86. The monoisotopic (exact) mass is 282 g/mol. The molecule has 2 saturated carbocycles. The Hall–Kier alpha value is -0.780. The van der Waals surface area contributed by atoms with Gasteiger partial charge in [-0.3, -0.25) is 0 Å². The lowest BCUT2D eigenvalue weighted by molar-refractivity contribution is -0.0204. The molecule has 0 nitrogen and oxygen atoms in total. The maximum atomic E-state index is 2.65. The Morgan fingerprint density at radius 2 is 1.86 bits per heavy atom. The molecule has 0 N–H and O–H groups in total. The van der Waals surface area contributed by atoms with E-state index in [0.717, 1.165) is 17.8 Å². The van der Waals surface area contributed by atoms with Crippen LogP contribution in [0.5, 0.6) is 0 Å². The molecule has 0 aliphatic heterocycles. The normalized spacial score (nSPS) is 38.3. The maximum Gasteiger partial charge on any atom is -0.0125 e. The van der Waals surface area contributed by atoms with E-state index >= 15 is 0 Å². The molecule has 0 bridgehead atoms. The average molecular weight is 282 g/mol. The molecule has 0 unspecified atom stereocenters. The highest BCUT2D eigenvalue weighted by atomic mass is 14.5. The van der Waals surface area contributed by atoms with Crippen LogP contribution in [-0.2, 0) is 6.42 Å². The van der Waals surface area contributed by atoms with Crippen LogP contribution in [-0.4, -0.2) is 0 Å². The lowest BCUT2D eigenvalue weighted by Crippen LogP contribution is -2.46. The molecule has 2 fully saturated rings. The Bertz CT molecular complexity index is 555. The van der Waals surface area contributed by atoms with Crippen molar-refractivity contribution >= 4 is 0 Å². The van der Waals surface area contributed by atoms with Crippen molar-refractivity contribution in [1.82, 2.24) is 0 Å². The van der Waals surface area contributed by atoms with Gasteiger partial charge in [0.2, 0.25) is 0 Å². The van der Waals surface area contributed by atoms with Crippen LogP contribution in [0, 0.1) is 31.1 Å². The summed E-state index contributed by atoms with van der Waals surface area (Å²) in [7, 11) is 0. The molecule has 21 heavy (non-hydrogen) atoms. The molecular weight excluding hydrogens is 252 g/mol. The SMILES string of the molecule is Cc1ccc2c(c1C)CC[C@@H]1[C@@H]2CC[C@H]2CCCC[C@]21C. The van der Waals surface area contributed by atoms with Crippen LogP contribution < -0.4 is 0 Å². The van der Waals surface area contributed by atoms with Crippen LogP contribution >= 0.6 is 0 Å². The molecule has 0 radical (unpaired) electrons. The third-order valence-corrected chi connectivity index (χ3v) is 7.62. The van der Waals surface area contributed by atoms with Gasteiger partial charge in [-0.15, -0.1) is 0 Å². The van der Waals surface area contributed by atoms with Crippen molar-refractivity contribution in [2.45, 2.75) is 78.1 Å². The predicted octanol–water partition coefficient (Wildman–Crippen LogP) is 5.94. The highest BCUT2D eigenvalue weighted by Crippen LogP contribution is 2.60. The molecule has 0 heterocycles. The summed E-state index contributed by atoms with van der Waals surface area (Å²) >= 11 is 0. The number of aryl methyl sites for hydroxylation is 1. The zero-order chi connectivity index (χ0) is 14.6. The third kappa shape index (κ3) is 1.94. The quantitative estimate of drug-likeness (QED) is 0.552. The van der Waals surface area contributed by atoms with Gasteiger partial charge in [0.1, 0.15) is 0 Å². The van der Waals surface area contributed by atoms with Crippen LogP contribution in [0.25, 0.3) is 0 Å². The lowest BCUT2D eigenvalue weighted by Gasteiger charge is -2.56. The van der Waals surface area contributed by atoms with E-state index in [2.05, 4.69) is 32.9 Å². The highest BCUT2D eigenvalue weighted by molar-refractivity contribution is 5.44. The first-order valence-electron chi connectivity index (χ1n) is 9.20. The molecule has 0 saturated heterocycles. The van der Waals surface area contributed by atoms with Crippen LogP contribution in [0.3, 0.4) is 0 Å². The van der Waals surface area contributed by atoms with Crippen LogP contribution in [0.4, 0.5) is 0 Å². The summed E-state index contributed by atoms with van der Waals surface area (Å²) in [5.74, 6) is 2.86. The molecule has 0 heteroatoms. The fraction of sp³-hybridized carbons (Fsp3) is 0.714. The average Bonchev–Trinajstić information content (AvgIpc) is 2.50. The smallest absolute Gasteiger partial charge is 0.0125 e. The summed E-state index contributed by atoms with van der Waals surface area (Å²) in [4.78, 5) is 0. The van der Waals surface area contributed by atoms with E-state index in [1.165, 1.54) is 56.9 Å². The third-order valence-electron chi connectivity index (χ3n) is 7.62. The number of benzene rings is 1. The first-order valence-corrected chi connectivity index (χ1v) is 9.20. The van der Waals surface area contributed by atoms with Gasteiger partial charge in [-0.05, 0) is 97.8 Å². The van der Waals surface area contributed by atoms with E-state index in [4.69, 9.17) is 0 Å². The summed E-state index contributed by atoms with van der Waals surface area (Å²) in [5.41, 5.74) is 7.18. The number of fused-ring (bicyclic) bond motifs is 5. The Morgan fingerprint density at radius 3 is 2.71 bits per heavy atom. The fourth-order valence-electron chi connectivity index (χ4n) is 6.21. The van der Waals surface area contributed by atoms with E-state index < -0.39 is 0 Å². The minimum Gasteiger partial charge on any atom is -0.0591 e. The number of hydrogen-bond acceptors (Lipinski definition) is 0. The molecule has 4 rings (SSSR count). The minimum atomic E-state index is 0.650. The van der Waals surface area contributed by atoms with Gasteiger partial charge in [0, 0.05) is 0 Å². The van der Waals surface area contributed by atoms with Crippen molar-refractivity contribution in [1.29, 1.82) is 0 Å². The molecule has 1 aromatic carbocycles. The maximum absolute atomic E-state index is 2.65. The van der Waals surface area contributed by atoms with E-state index in [1.807, 2.05) is 0 Å². The summed E-state index contributed by atoms with van der Waals surface area (Å²) < 4.78 is 0. The standard InChI is InChI=1S/C21H30/c1-14-7-9-18-17(15(14)2)11-12-20-19(18)10-8-16-6-4-5-13-21(16,20)3/h7,9,16,19-20H,4-6,8,10-13H2,1-3H3/t16-,19-,20-,21-/m1/s1. The summed E-state index contributed by atoms with van der Waals surface area (Å²) in [6, 6.07) is 4.87. The molecule has 3 aliphatic rings. The minimum absolute atomic E-state index is 0.650. The zero-order valence-corrected chi connectivity index (χ0v) is 14.0. The molecule has 1 aromatic rings. The Labute approximate surface area is 130 Å². The second-order valence-corrected chi connectivity index (χ2v) is 8.35. The summed E-state index contributed by atoms with van der Waals surface area (Å²) in [6.07, 6.45) is 11.7. The van der Waals surface area contributed by atoms with Gasteiger partial charge in [-0.1, -0.05) is 31.9 Å². The number of rotatable bonds is 0.